The minimum absolute atomic E-state index is 0.233. The Morgan fingerprint density at radius 2 is 1.55 bits per heavy atom. The van der Waals surface area contributed by atoms with Gasteiger partial charge in [0.1, 0.15) is 6.04 Å². The van der Waals surface area contributed by atoms with Gasteiger partial charge in [-0.3, -0.25) is 19.3 Å². The van der Waals surface area contributed by atoms with Gasteiger partial charge in [0.2, 0.25) is 0 Å². The van der Waals surface area contributed by atoms with Gasteiger partial charge in [0.15, 0.2) is 0 Å². The number of nitrogens with zero attached hydrogens (tertiary/aromatic N) is 2. The molecule has 4 rings (SSSR count). The van der Waals surface area contributed by atoms with Crippen molar-refractivity contribution in [2.45, 2.75) is 45.0 Å². The summed E-state index contributed by atoms with van der Waals surface area (Å²) in [6, 6.07) is 13.7. The van der Waals surface area contributed by atoms with Gasteiger partial charge in [0.25, 0.3) is 17.7 Å². The molecule has 1 fully saturated rings. The highest BCUT2D eigenvalue weighted by atomic mass is 28.3. The summed E-state index contributed by atoms with van der Waals surface area (Å²) >= 11 is 0. The zero-order valence-corrected chi connectivity index (χ0v) is 19.6. The van der Waals surface area contributed by atoms with Gasteiger partial charge in [0.05, 0.1) is 33.1 Å². The normalized spacial score (nSPS) is 19.5. The Kier molecular flexibility index (Phi) is 5.57. The largest absolute Gasteiger partial charge is 0.380 e. The van der Waals surface area contributed by atoms with Gasteiger partial charge < -0.3 is 9.64 Å². The summed E-state index contributed by atoms with van der Waals surface area (Å²) in [6.07, 6.45) is 0.831. The molecule has 0 bridgehead atoms. The number of anilines is 1. The highest BCUT2D eigenvalue weighted by Gasteiger charge is 2.50. The van der Waals surface area contributed by atoms with Crippen LogP contribution in [0.3, 0.4) is 0 Å². The van der Waals surface area contributed by atoms with Crippen LogP contribution in [0.25, 0.3) is 0 Å². The van der Waals surface area contributed by atoms with E-state index in [2.05, 4.69) is 27.3 Å². The van der Waals surface area contributed by atoms with E-state index in [1.165, 1.54) is 0 Å². The van der Waals surface area contributed by atoms with Crippen LogP contribution in [0.2, 0.25) is 11.6 Å². The molecule has 2 aromatic rings. The van der Waals surface area contributed by atoms with E-state index in [9.17, 15) is 14.4 Å². The first kappa shape index (κ1) is 21.5. The van der Waals surface area contributed by atoms with Crippen molar-refractivity contribution in [3.05, 3.63) is 65.2 Å². The Balaban J connectivity index is 1.35. The number of imide groups is 1. The number of hydrogen-bond donors (Lipinski definition) is 0. The molecule has 1 unspecified atom stereocenters. The topological polar surface area (TPSA) is 66.9 Å². The molecule has 0 radical (unpaired) electrons. The lowest BCUT2D eigenvalue weighted by Crippen LogP contribution is -2.65. The molecule has 0 N–H and O–H groups in total. The van der Waals surface area contributed by atoms with E-state index >= 15 is 0 Å². The van der Waals surface area contributed by atoms with Gasteiger partial charge in [-0.25, -0.2) is 0 Å². The lowest BCUT2D eigenvalue weighted by Gasteiger charge is -2.41. The molecule has 2 aromatic carbocycles. The van der Waals surface area contributed by atoms with E-state index in [1.807, 2.05) is 24.3 Å². The van der Waals surface area contributed by atoms with Gasteiger partial charge in [0, 0.05) is 11.9 Å². The third kappa shape index (κ3) is 3.95. The van der Waals surface area contributed by atoms with Crippen molar-refractivity contribution in [1.82, 2.24) is 4.90 Å². The third-order valence-corrected chi connectivity index (χ3v) is 10.1. The molecule has 162 valence electrons. The van der Waals surface area contributed by atoms with Gasteiger partial charge >= 0.3 is 0 Å². The summed E-state index contributed by atoms with van der Waals surface area (Å²) in [5.74, 6) is -1.01. The third-order valence-electron chi connectivity index (χ3n) is 6.41. The maximum Gasteiger partial charge on any atom is 0.262 e. The molecular formula is C24H28N2O4Si. The summed E-state index contributed by atoms with van der Waals surface area (Å²) in [4.78, 5) is 40.7. The number of carbonyl (C=O) groups is 3. The first-order valence-corrected chi connectivity index (χ1v) is 13.2. The summed E-state index contributed by atoms with van der Waals surface area (Å²) in [5.41, 5.74) is 2.56. The highest BCUT2D eigenvalue weighted by Crippen LogP contribution is 2.32. The van der Waals surface area contributed by atoms with Crippen LogP contribution in [0.1, 0.15) is 47.1 Å². The van der Waals surface area contributed by atoms with E-state index in [4.69, 9.17) is 4.74 Å². The van der Waals surface area contributed by atoms with Crippen LogP contribution >= 0.6 is 0 Å². The molecule has 0 aliphatic carbocycles. The van der Waals surface area contributed by atoms with Crippen LogP contribution in [0, 0.1) is 0 Å². The second-order valence-electron chi connectivity index (χ2n) is 9.44. The molecule has 2 heterocycles. The molecule has 2 aliphatic rings. The van der Waals surface area contributed by atoms with Crippen LogP contribution < -0.4 is 4.90 Å². The molecule has 0 spiro atoms. The van der Waals surface area contributed by atoms with Crippen LogP contribution in [0.5, 0.6) is 0 Å². The van der Waals surface area contributed by atoms with Gasteiger partial charge in [-0.1, -0.05) is 51.6 Å². The van der Waals surface area contributed by atoms with Crippen molar-refractivity contribution in [2.75, 3.05) is 17.7 Å². The zero-order valence-electron chi connectivity index (χ0n) is 18.4. The van der Waals surface area contributed by atoms with Gasteiger partial charge in [-0.05, 0) is 34.9 Å². The monoisotopic (exact) mass is 436 g/mol. The minimum atomic E-state index is -0.948. The molecule has 1 saturated heterocycles. The fourth-order valence-corrected chi connectivity index (χ4v) is 4.67. The second-order valence-corrected chi connectivity index (χ2v) is 13.3. The molecule has 6 nitrogen and oxygen atoms in total. The molecule has 7 heteroatoms. The SMILES string of the molecule is C[SiH](COCc1ccc(N2C[C@H](N3C(=O)c4ccccc4C3=O)C2=O)cc1)C(C)(C)C. The predicted molar refractivity (Wildman–Crippen MR) is 122 cm³/mol. The summed E-state index contributed by atoms with van der Waals surface area (Å²) < 4.78 is 5.91. The highest BCUT2D eigenvalue weighted by molar-refractivity contribution is 6.60. The minimum Gasteiger partial charge on any atom is -0.380 e. The molecular weight excluding hydrogens is 408 g/mol. The average molecular weight is 437 g/mol. The van der Waals surface area contributed by atoms with Crippen molar-refractivity contribution < 1.29 is 19.1 Å². The smallest absolute Gasteiger partial charge is 0.262 e. The van der Waals surface area contributed by atoms with Crippen LogP contribution in [-0.4, -0.2) is 50.2 Å². The van der Waals surface area contributed by atoms with E-state index in [-0.39, 0.29) is 17.7 Å². The quantitative estimate of drug-likeness (QED) is 0.395. The van der Waals surface area contributed by atoms with Crippen molar-refractivity contribution in [1.29, 1.82) is 0 Å². The Morgan fingerprint density at radius 1 is 0.968 bits per heavy atom. The lowest BCUT2D eigenvalue weighted by atomic mass is 10.0. The Hall–Kier alpha value is -2.77. The number of fused-ring (bicyclic) bond motifs is 1. The summed E-state index contributed by atoms with van der Waals surface area (Å²) in [7, 11) is -0.948. The Bertz CT molecular complexity index is 994. The van der Waals surface area contributed by atoms with Crippen LogP contribution in [0.4, 0.5) is 5.69 Å². The molecule has 3 amide bonds. The number of ether oxygens (including phenoxy) is 1. The van der Waals surface area contributed by atoms with E-state index in [0.717, 1.165) is 22.4 Å². The first-order valence-electron chi connectivity index (χ1n) is 10.6. The van der Waals surface area contributed by atoms with Crippen molar-refractivity contribution in [3.63, 3.8) is 0 Å². The second kappa shape index (κ2) is 8.05. The zero-order chi connectivity index (χ0) is 22.3. The molecule has 0 aromatic heterocycles. The number of rotatable bonds is 6. The van der Waals surface area contributed by atoms with E-state index < -0.39 is 14.8 Å². The Labute approximate surface area is 184 Å². The lowest BCUT2D eigenvalue weighted by molar-refractivity contribution is -0.127. The van der Waals surface area contributed by atoms with Crippen molar-refractivity contribution >= 4 is 32.2 Å². The maximum atomic E-state index is 12.8. The average Bonchev–Trinajstić information content (AvgIpc) is 2.98. The summed E-state index contributed by atoms with van der Waals surface area (Å²) in [6.45, 7) is 9.99. The standard InChI is InChI=1S/C24H28N2O4Si/c1-24(2,3)31(4)15-30-14-16-9-11-17(12-10-16)25-13-20(23(25)29)26-21(27)18-7-5-6-8-19(18)22(26)28/h5-12,20,31H,13-15H2,1-4H3/t20-,31?/m0/s1. The Morgan fingerprint density at radius 3 is 2.06 bits per heavy atom. The van der Waals surface area contributed by atoms with Gasteiger partial charge in [-0.2, -0.15) is 0 Å². The number of β-lactam (4-membered cyclic amide) rings is 1. The van der Waals surface area contributed by atoms with Crippen molar-refractivity contribution in [3.8, 4) is 0 Å². The fraction of sp³-hybridized carbons (Fsp3) is 0.375. The first-order chi connectivity index (χ1) is 14.7. The van der Waals surface area contributed by atoms with Crippen molar-refractivity contribution in [2.24, 2.45) is 0 Å². The fourth-order valence-electron chi connectivity index (χ4n) is 3.70. The number of amides is 3. The van der Waals surface area contributed by atoms with Crippen LogP contribution in [-0.2, 0) is 16.1 Å². The summed E-state index contributed by atoms with van der Waals surface area (Å²) in [5, 5.41) is 0.345. The number of carbonyl (C=O) groups excluding carboxylic acids is 3. The number of hydrogen-bond acceptors (Lipinski definition) is 4. The van der Waals surface area contributed by atoms with E-state index in [0.29, 0.717) is 29.3 Å². The molecule has 0 saturated carbocycles. The predicted octanol–water partition coefficient (Wildman–Crippen LogP) is 3.41. The molecule has 2 aliphatic heterocycles. The molecule has 2 atom stereocenters. The van der Waals surface area contributed by atoms with E-state index in [1.54, 1.807) is 29.2 Å². The number of benzene rings is 2. The van der Waals surface area contributed by atoms with Gasteiger partial charge in [-0.15, -0.1) is 0 Å². The maximum absolute atomic E-state index is 12.8. The molecule has 31 heavy (non-hydrogen) atoms. The van der Waals surface area contributed by atoms with Crippen LogP contribution in [0.15, 0.2) is 48.5 Å².